The average molecular weight is 383 g/mol. The second kappa shape index (κ2) is 7.90. The Morgan fingerprint density at radius 1 is 1.07 bits per heavy atom. The van der Waals surface area contributed by atoms with Crippen LogP contribution in [0.15, 0.2) is 45.8 Å². The Hall–Kier alpha value is -3.06. The van der Waals surface area contributed by atoms with E-state index in [2.05, 4.69) is 4.98 Å². The number of hydrogen-bond acceptors (Lipinski definition) is 7. The molecule has 146 valence electrons. The number of fused-ring (bicyclic) bond motifs is 1. The van der Waals surface area contributed by atoms with Crippen LogP contribution in [-0.4, -0.2) is 32.1 Å². The molecule has 1 unspecified atom stereocenters. The Bertz CT molecular complexity index is 1040. The van der Waals surface area contributed by atoms with Crippen LogP contribution in [0.4, 0.5) is 0 Å². The van der Waals surface area contributed by atoms with Crippen LogP contribution in [0.2, 0.25) is 0 Å². The summed E-state index contributed by atoms with van der Waals surface area (Å²) in [7, 11) is 3.01. The fraction of sp³-hybridized carbons (Fsp3) is 0.333. The van der Waals surface area contributed by atoms with Gasteiger partial charge >= 0.3 is 0 Å². The molecular formula is C21H21NO6. The lowest BCUT2D eigenvalue weighted by atomic mass is 10.1. The van der Waals surface area contributed by atoms with Gasteiger partial charge in [0.2, 0.25) is 17.2 Å². The van der Waals surface area contributed by atoms with Gasteiger partial charge in [-0.25, -0.2) is 0 Å². The molecule has 0 spiro atoms. The van der Waals surface area contributed by atoms with Crippen molar-refractivity contribution in [3.8, 4) is 28.6 Å². The first-order valence-electron chi connectivity index (χ1n) is 9.13. The lowest BCUT2D eigenvalue weighted by molar-refractivity contribution is -0.105. The van der Waals surface area contributed by atoms with Crippen LogP contribution in [-0.2, 0) is 4.74 Å². The highest BCUT2D eigenvalue weighted by Crippen LogP contribution is 2.30. The summed E-state index contributed by atoms with van der Waals surface area (Å²) in [5.41, 5.74) is 1.17. The highest BCUT2D eigenvalue weighted by Gasteiger charge is 2.18. The number of nitrogens with zero attached hydrogens (tertiary/aromatic N) is 1. The monoisotopic (exact) mass is 383 g/mol. The zero-order valence-corrected chi connectivity index (χ0v) is 15.8. The van der Waals surface area contributed by atoms with E-state index in [0.717, 1.165) is 19.3 Å². The van der Waals surface area contributed by atoms with Gasteiger partial charge in [-0.3, -0.25) is 4.79 Å². The minimum absolute atomic E-state index is 0.174. The molecule has 0 saturated carbocycles. The molecule has 0 N–H and O–H groups in total. The Labute approximate surface area is 161 Å². The number of methoxy groups -OCH3 is 2. The normalized spacial score (nSPS) is 16.7. The topological polar surface area (TPSA) is 80.0 Å². The smallest absolute Gasteiger partial charge is 0.224 e. The second-order valence-corrected chi connectivity index (χ2v) is 6.46. The fourth-order valence-corrected chi connectivity index (χ4v) is 3.22. The number of ether oxygens (including phenoxy) is 4. The maximum Gasteiger partial charge on any atom is 0.224 e. The standard InChI is InChI=1S/C21H21NO6/c1-24-18-9-8-14(21(22-18)25-2)16-12-27-17-11-13(6-7-15(17)20(16)23)28-19-5-3-4-10-26-19/h6-9,11-12,19H,3-5,10H2,1-2H3. The minimum atomic E-state index is -0.258. The molecular weight excluding hydrogens is 362 g/mol. The van der Waals surface area contributed by atoms with Gasteiger partial charge in [-0.2, -0.15) is 4.98 Å². The van der Waals surface area contributed by atoms with Crippen LogP contribution in [0.5, 0.6) is 17.5 Å². The molecule has 7 heteroatoms. The summed E-state index contributed by atoms with van der Waals surface area (Å²) in [5.74, 6) is 1.30. The van der Waals surface area contributed by atoms with Crippen molar-refractivity contribution >= 4 is 11.0 Å². The van der Waals surface area contributed by atoms with E-state index in [1.54, 1.807) is 30.3 Å². The fourth-order valence-electron chi connectivity index (χ4n) is 3.22. The van der Waals surface area contributed by atoms with E-state index in [9.17, 15) is 4.79 Å². The van der Waals surface area contributed by atoms with Gasteiger partial charge < -0.3 is 23.4 Å². The Kier molecular flexibility index (Phi) is 5.16. The van der Waals surface area contributed by atoms with E-state index in [1.165, 1.54) is 20.5 Å². The molecule has 1 aromatic carbocycles. The van der Waals surface area contributed by atoms with Crippen LogP contribution >= 0.6 is 0 Å². The second-order valence-electron chi connectivity index (χ2n) is 6.46. The first-order chi connectivity index (χ1) is 13.7. The van der Waals surface area contributed by atoms with E-state index in [4.69, 9.17) is 23.4 Å². The Balaban J connectivity index is 1.69. The summed E-state index contributed by atoms with van der Waals surface area (Å²) in [4.78, 5) is 17.2. The summed E-state index contributed by atoms with van der Waals surface area (Å²) < 4.78 is 27.6. The molecule has 1 fully saturated rings. The van der Waals surface area contributed by atoms with Gasteiger partial charge in [-0.1, -0.05) is 0 Å². The van der Waals surface area contributed by atoms with Gasteiger partial charge in [-0.05, 0) is 31.0 Å². The van der Waals surface area contributed by atoms with E-state index >= 15 is 0 Å². The molecule has 0 radical (unpaired) electrons. The van der Waals surface area contributed by atoms with Gasteiger partial charge in [0.05, 0.1) is 37.3 Å². The van der Waals surface area contributed by atoms with E-state index in [0.29, 0.717) is 46.2 Å². The summed E-state index contributed by atoms with van der Waals surface area (Å²) in [6, 6.07) is 8.56. The van der Waals surface area contributed by atoms with Crippen molar-refractivity contribution in [1.29, 1.82) is 0 Å². The van der Waals surface area contributed by atoms with Crippen molar-refractivity contribution in [2.75, 3.05) is 20.8 Å². The molecule has 28 heavy (non-hydrogen) atoms. The largest absolute Gasteiger partial charge is 0.481 e. The molecule has 0 bridgehead atoms. The maximum absolute atomic E-state index is 13.0. The molecule has 1 aliphatic rings. The van der Waals surface area contributed by atoms with Gasteiger partial charge in [0.25, 0.3) is 0 Å². The average Bonchev–Trinajstić information content (AvgIpc) is 2.74. The third-order valence-corrected chi connectivity index (χ3v) is 4.68. The van der Waals surface area contributed by atoms with Crippen molar-refractivity contribution < 1.29 is 23.4 Å². The van der Waals surface area contributed by atoms with Crippen LogP contribution < -0.4 is 19.6 Å². The van der Waals surface area contributed by atoms with Crippen molar-refractivity contribution in [2.45, 2.75) is 25.6 Å². The van der Waals surface area contributed by atoms with E-state index in [-0.39, 0.29) is 11.7 Å². The molecule has 7 nitrogen and oxygen atoms in total. The molecule has 0 amide bonds. The molecule has 1 aliphatic heterocycles. The first kappa shape index (κ1) is 18.3. The molecule has 3 aromatic rings. The summed E-state index contributed by atoms with van der Waals surface area (Å²) in [6.45, 7) is 0.703. The highest BCUT2D eigenvalue weighted by atomic mass is 16.7. The minimum Gasteiger partial charge on any atom is -0.481 e. The predicted octanol–water partition coefficient (Wildman–Crippen LogP) is 3.78. The third-order valence-electron chi connectivity index (χ3n) is 4.68. The molecule has 3 heterocycles. The SMILES string of the molecule is COc1ccc(-c2coc3cc(OC4CCCCO4)ccc3c2=O)c(OC)n1. The number of pyridine rings is 1. The quantitative estimate of drug-likeness (QED) is 0.663. The molecule has 4 rings (SSSR count). The summed E-state index contributed by atoms with van der Waals surface area (Å²) in [5, 5.41) is 0.451. The van der Waals surface area contributed by atoms with Crippen LogP contribution in [0.3, 0.4) is 0 Å². The molecule has 2 aromatic heterocycles. The van der Waals surface area contributed by atoms with E-state index in [1.807, 2.05) is 0 Å². The predicted molar refractivity (Wildman–Crippen MR) is 103 cm³/mol. The van der Waals surface area contributed by atoms with Gasteiger partial charge in [-0.15, -0.1) is 0 Å². The first-order valence-corrected chi connectivity index (χ1v) is 9.13. The highest BCUT2D eigenvalue weighted by molar-refractivity contribution is 5.83. The number of rotatable bonds is 5. The maximum atomic E-state index is 13.0. The number of aromatic nitrogens is 1. The van der Waals surface area contributed by atoms with Crippen LogP contribution in [0, 0.1) is 0 Å². The van der Waals surface area contributed by atoms with Crippen LogP contribution in [0.25, 0.3) is 22.1 Å². The van der Waals surface area contributed by atoms with Crippen molar-refractivity contribution in [3.05, 3.63) is 46.8 Å². The zero-order valence-electron chi connectivity index (χ0n) is 15.8. The summed E-state index contributed by atoms with van der Waals surface area (Å²) >= 11 is 0. The Morgan fingerprint density at radius 2 is 1.96 bits per heavy atom. The molecule has 1 atom stereocenters. The molecule has 1 saturated heterocycles. The van der Waals surface area contributed by atoms with Crippen LogP contribution in [0.1, 0.15) is 19.3 Å². The number of benzene rings is 1. The number of hydrogen-bond donors (Lipinski definition) is 0. The third kappa shape index (κ3) is 3.53. The lowest BCUT2D eigenvalue weighted by Gasteiger charge is -2.23. The Morgan fingerprint density at radius 3 is 2.71 bits per heavy atom. The van der Waals surface area contributed by atoms with Gasteiger partial charge in [0, 0.05) is 18.6 Å². The zero-order chi connectivity index (χ0) is 19.5. The van der Waals surface area contributed by atoms with Gasteiger partial charge in [0.1, 0.15) is 17.6 Å². The summed E-state index contributed by atoms with van der Waals surface area (Å²) in [6.07, 6.45) is 4.14. The van der Waals surface area contributed by atoms with Crippen molar-refractivity contribution in [3.63, 3.8) is 0 Å². The van der Waals surface area contributed by atoms with Crippen molar-refractivity contribution in [2.24, 2.45) is 0 Å². The van der Waals surface area contributed by atoms with Gasteiger partial charge in [0.15, 0.2) is 6.29 Å². The molecule has 0 aliphatic carbocycles. The van der Waals surface area contributed by atoms with E-state index < -0.39 is 0 Å². The van der Waals surface area contributed by atoms with Crippen molar-refractivity contribution in [1.82, 2.24) is 4.98 Å². The lowest BCUT2D eigenvalue weighted by Crippen LogP contribution is -2.24.